The molecule has 0 aromatic rings. The van der Waals surface area contributed by atoms with E-state index in [1.54, 1.807) is 0 Å². The highest BCUT2D eigenvalue weighted by atomic mass is 16.3. The highest BCUT2D eigenvalue weighted by Crippen LogP contribution is 2.19. The molecule has 1 unspecified atom stereocenters. The molecule has 2 N–H and O–H groups in total. The van der Waals surface area contributed by atoms with E-state index in [0.29, 0.717) is 6.61 Å². The zero-order valence-corrected chi connectivity index (χ0v) is 42.1. The fraction of sp³-hybridized carbons (Fsp3) is 1.00. The molecule has 362 valence electrons. The zero-order valence-electron chi connectivity index (χ0n) is 42.1. The van der Waals surface area contributed by atoms with Gasteiger partial charge in [0.15, 0.2) is 0 Å². The summed E-state index contributed by atoms with van der Waals surface area (Å²) in [5, 5.41) is 19.3. The summed E-state index contributed by atoms with van der Waals surface area (Å²) in [6.45, 7) is 2.68. The molecular formula is C58H118O2. The predicted octanol–water partition coefficient (Wildman–Crippen LogP) is 20.8. The van der Waals surface area contributed by atoms with Crippen LogP contribution in [0.5, 0.6) is 0 Å². The largest absolute Gasteiger partial charge is 0.396 e. The Labute approximate surface area is 381 Å². The Bertz CT molecular complexity index is 649. The monoisotopic (exact) mass is 847 g/mol. The first kappa shape index (κ1) is 59.9. The van der Waals surface area contributed by atoms with Crippen molar-refractivity contribution in [3.05, 3.63) is 0 Å². The lowest BCUT2D eigenvalue weighted by Crippen LogP contribution is -2.05. The standard InChI is InChI=1S/C58H118O2/c1-2-3-4-5-6-7-8-9-10-11-12-13-14-15-16-19-22-25-28-31-34-37-40-43-46-49-52-55-58(60)56-53-50-47-44-41-38-35-32-29-26-23-20-17-18-21-24-27-30-33-36-39-42-45-48-51-54-57-59/h58-60H,2-57H2,1H3. The molecule has 0 bridgehead atoms. The predicted molar refractivity (Wildman–Crippen MR) is 273 cm³/mol. The number of aliphatic hydroxyl groups is 2. The van der Waals surface area contributed by atoms with Crippen LogP contribution in [0.25, 0.3) is 0 Å². The van der Waals surface area contributed by atoms with E-state index in [1.165, 1.54) is 334 Å². The third kappa shape index (κ3) is 55.9. The summed E-state index contributed by atoms with van der Waals surface area (Å²) < 4.78 is 0. The van der Waals surface area contributed by atoms with Gasteiger partial charge in [0.1, 0.15) is 0 Å². The summed E-state index contributed by atoms with van der Waals surface area (Å²) >= 11 is 0. The molecule has 60 heavy (non-hydrogen) atoms. The first-order valence-corrected chi connectivity index (χ1v) is 29.1. The molecule has 0 spiro atoms. The molecule has 2 heteroatoms. The fourth-order valence-corrected chi connectivity index (χ4v) is 9.75. The Balaban J connectivity index is 3.14. The molecule has 0 aliphatic carbocycles. The highest BCUT2D eigenvalue weighted by Gasteiger charge is 2.04. The molecule has 0 aliphatic heterocycles. The molecule has 1 atom stereocenters. The second-order valence-corrected chi connectivity index (χ2v) is 20.3. The lowest BCUT2D eigenvalue weighted by molar-refractivity contribution is 0.147. The number of rotatable bonds is 56. The van der Waals surface area contributed by atoms with Gasteiger partial charge in [-0.25, -0.2) is 0 Å². The second-order valence-electron chi connectivity index (χ2n) is 20.3. The molecule has 0 aliphatic rings. The van der Waals surface area contributed by atoms with Crippen LogP contribution < -0.4 is 0 Å². The van der Waals surface area contributed by atoms with Gasteiger partial charge in [0, 0.05) is 6.61 Å². The van der Waals surface area contributed by atoms with Gasteiger partial charge in [0.25, 0.3) is 0 Å². The van der Waals surface area contributed by atoms with Gasteiger partial charge in [0.2, 0.25) is 0 Å². The van der Waals surface area contributed by atoms with Gasteiger partial charge in [-0.2, -0.15) is 0 Å². The SMILES string of the molecule is CCCCCCCCCCCCCCCCCCCCCCCCCCCCCC(O)CCCCCCCCCCCCCCCCCCCCCCCCCCCCO. The van der Waals surface area contributed by atoms with Crippen molar-refractivity contribution in [2.75, 3.05) is 6.61 Å². The fourth-order valence-electron chi connectivity index (χ4n) is 9.75. The third-order valence-corrected chi connectivity index (χ3v) is 14.1. The summed E-state index contributed by atoms with van der Waals surface area (Å²) in [6.07, 6.45) is 77.4. The van der Waals surface area contributed by atoms with Crippen LogP contribution in [0.15, 0.2) is 0 Å². The van der Waals surface area contributed by atoms with Crippen LogP contribution in [-0.4, -0.2) is 22.9 Å². The van der Waals surface area contributed by atoms with Gasteiger partial charge >= 0.3 is 0 Å². The van der Waals surface area contributed by atoms with E-state index in [0.717, 1.165) is 19.3 Å². The number of hydrogen-bond acceptors (Lipinski definition) is 2. The number of hydrogen-bond donors (Lipinski definition) is 2. The summed E-state index contributed by atoms with van der Waals surface area (Å²) in [5.41, 5.74) is 0. The van der Waals surface area contributed by atoms with Crippen LogP contribution >= 0.6 is 0 Å². The topological polar surface area (TPSA) is 40.5 Å². The number of aliphatic hydroxyl groups excluding tert-OH is 2. The van der Waals surface area contributed by atoms with Gasteiger partial charge in [0.05, 0.1) is 6.10 Å². The first-order valence-electron chi connectivity index (χ1n) is 29.1. The van der Waals surface area contributed by atoms with Crippen molar-refractivity contribution < 1.29 is 10.2 Å². The van der Waals surface area contributed by atoms with Crippen LogP contribution in [0.2, 0.25) is 0 Å². The molecule has 0 amide bonds. The molecule has 0 aromatic carbocycles. The Morgan fingerprint density at radius 2 is 0.333 bits per heavy atom. The molecule has 0 radical (unpaired) electrons. The molecule has 2 nitrogen and oxygen atoms in total. The van der Waals surface area contributed by atoms with Gasteiger partial charge < -0.3 is 10.2 Å². The van der Waals surface area contributed by atoms with Crippen molar-refractivity contribution in [1.29, 1.82) is 0 Å². The minimum absolute atomic E-state index is 0.0429. The third-order valence-electron chi connectivity index (χ3n) is 14.1. The summed E-state index contributed by atoms with van der Waals surface area (Å²) in [6, 6.07) is 0. The average Bonchev–Trinajstić information content (AvgIpc) is 3.25. The van der Waals surface area contributed by atoms with Crippen molar-refractivity contribution in [3.63, 3.8) is 0 Å². The Kier molecular flexibility index (Phi) is 56.9. The van der Waals surface area contributed by atoms with Crippen molar-refractivity contribution >= 4 is 0 Å². The van der Waals surface area contributed by atoms with Crippen LogP contribution in [0, 0.1) is 0 Å². The Morgan fingerprint density at radius 3 is 0.483 bits per heavy atom. The lowest BCUT2D eigenvalue weighted by atomic mass is 10.0. The zero-order chi connectivity index (χ0) is 43.2. The van der Waals surface area contributed by atoms with Crippen molar-refractivity contribution in [3.8, 4) is 0 Å². The summed E-state index contributed by atoms with van der Waals surface area (Å²) in [7, 11) is 0. The summed E-state index contributed by atoms with van der Waals surface area (Å²) in [5.74, 6) is 0. The minimum atomic E-state index is -0.0429. The molecule has 0 aromatic heterocycles. The summed E-state index contributed by atoms with van der Waals surface area (Å²) in [4.78, 5) is 0. The van der Waals surface area contributed by atoms with Gasteiger partial charge in [-0.3, -0.25) is 0 Å². The first-order chi connectivity index (χ1) is 29.8. The van der Waals surface area contributed by atoms with E-state index >= 15 is 0 Å². The quantitative estimate of drug-likeness (QED) is 0.0599. The van der Waals surface area contributed by atoms with E-state index in [2.05, 4.69) is 6.92 Å². The number of unbranched alkanes of at least 4 members (excludes halogenated alkanes) is 51. The maximum absolute atomic E-state index is 10.4. The van der Waals surface area contributed by atoms with Crippen LogP contribution in [-0.2, 0) is 0 Å². The molecule has 0 fully saturated rings. The van der Waals surface area contributed by atoms with Gasteiger partial charge in [-0.05, 0) is 19.3 Å². The maximum Gasteiger partial charge on any atom is 0.0540 e. The van der Waals surface area contributed by atoms with E-state index in [4.69, 9.17) is 5.11 Å². The maximum atomic E-state index is 10.4. The molecule has 0 rings (SSSR count). The van der Waals surface area contributed by atoms with E-state index in [9.17, 15) is 5.11 Å². The van der Waals surface area contributed by atoms with Gasteiger partial charge in [-0.15, -0.1) is 0 Å². The van der Waals surface area contributed by atoms with Gasteiger partial charge in [-0.1, -0.05) is 341 Å². The Hall–Kier alpha value is -0.0800. The Morgan fingerprint density at radius 1 is 0.200 bits per heavy atom. The molecule has 0 saturated carbocycles. The second kappa shape index (κ2) is 56.9. The van der Waals surface area contributed by atoms with Crippen molar-refractivity contribution in [2.45, 2.75) is 366 Å². The molecule has 0 saturated heterocycles. The average molecular weight is 848 g/mol. The van der Waals surface area contributed by atoms with E-state index in [-0.39, 0.29) is 6.10 Å². The smallest absolute Gasteiger partial charge is 0.0540 e. The molecule has 0 heterocycles. The van der Waals surface area contributed by atoms with Crippen molar-refractivity contribution in [2.24, 2.45) is 0 Å². The molecular weight excluding hydrogens is 729 g/mol. The van der Waals surface area contributed by atoms with Crippen molar-refractivity contribution in [1.82, 2.24) is 0 Å². The highest BCUT2D eigenvalue weighted by molar-refractivity contribution is 4.59. The van der Waals surface area contributed by atoms with Crippen LogP contribution in [0.4, 0.5) is 0 Å². The minimum Gasteiger partial charge on any atom is -0.396 e. The van der Waals surface area contributed by atoms with Crippen LogP contribution in [0.1, 0.15) is 360 Å². The lowest BCUT2D eigenvalue weighted by Gasteiger charge is -2.10. The normalized spacial score (nSPS) is 12.2. The van der Waals surface area contributed by atoms with E-state index < -0.39 is 0 Å². The van der Waals surface area contributed by atoms with E-state index in [1.807, 2.05) is 0 Å². The van der Waals surface area contributed by atoms with Crippen LogP contribution in [0.3, 0.4) is 0 Å².